The van der Waals surface area contributed by atoms with E-state index < -0.39 is 0 Å². The van der Waals surface area contributed by atoms with Crippen molar-refractivity contribution in [3.05, 3.63) is 97.9 Å². The average molecular weight is 768 g/mol. The summed E-state index contributed by atoms with van der Waals surface area (Å²) in [7, 11) is 1.57. The zero-order valence-electron chi connectivity index (χ0n) is 27.1. The third-order valence-electron chi connectivity index (χ3n) is 8.77. The molecule has 2 saturated heterocycles. The standard InChI is InChI=1S/C37H38BrCl2N5O4/c1-48-36-25(18-42-20-27-13-15-33(47)44-27)16-31(38)37(45-36)49-21-24-4-2-6-29(34(24)39)30-7-3-5-28(35(30)40)23-10-8-22(9-11-23)17-41-19-26-12-14-32(46)43-26/h2-11,16,26-27,41-42H,12-15,17-21H2,1H3,(H,43,46)(H,44,47). The maximum absolute atomic E-state index is 11.5. The number of aromatic nitrogens is 1. The monoisotopic (exact) mass is 765 g/mol. The van der Waals surface area contributed by atoms with Gasteiger partial charge in [-0.1, -0.05) is 83.9 Å². The third kappa shape index (κ3) is 8.74. The number of benzene rings is 3. The highest BCUT2D eigenvalue weighted by atomic mass is 79.9. The summed E-state index contributed by atoms with van der Waals surface area (Å²) in [5, 5.41) is 13.9. The second kappa shape index (κ2) is 16.4. The number of carbonyl (C=O) groups is 2. The van der Waals surface area contributed by atoms with Crippen LogP contribution in [0.5, 0.6) is 11.8 Å². The Hall–Kier alpha value is -3.67. The summed E-state index contributed by atoms with van der Waals surface area (Å²) in [4.78, 5) is 27.5. The van der Waals surface area contributed by atoms with Gasteiger partial charge >= 0.3 is 0 Å². The number of ether oxygens (including phenoxy) is 2. The highest BCUT2D eigenvalue weighted by Crippen LogP contribution is 2.40. The van der Waals surface area contributed by atoms with E-state index in [-0.39, 0.29) is 30.5 Å². The van der Waals surface area contributed by atoms with Crippen molar-refractivity contribution in [2.24, 2.45) is 0 Å². The fourth-order valence-electron chi connectivity index (χ4n) is 6.14. The van der Waals surface area contributed by atoms with Crippen LogP contribution < -0.4 is 30.7 Å². The van der Waals surface area contributed by atoms with Crippen molar-refractivity contribution in [2.75, 3.05) is 20.2 Å². The van der Waals surface area contributed by atoms with Crippen LogP contribution >= 0.6 is 39.1 Å². The van der Waals surface area contributed by atoms with Crippen molar-refractivity contribution in [1.82, 2.24) is 26.3 Å². The van der Waals surface area contributed by atoms with Crippen LogP contribution in [0.2, 0.25) is 10.0 Å². The molecule has 2 amide bonds. The van der Waals surface area contributed by atoms with Gasteiger partial charge in [0, 0.05) is 78.9 Å². The summed E-state index contributed by atoms with van der Waals surface area (Å²) in [5.41, 5.74) is 6.34. The molecule has 12 heteroatoms. The predicted molar refractivity (Wildman–Crippen MR) is 196 cm³/mol. The molecule has 6 rings (SSSR count). The van der Waals surface area contributed by atoms with Crippen molar-refractivity contribution in [1.29, 1.82) is 0 Å². The zero-order chi connectivity index (χ0) is 34.3. The number of nitrogens with one attached hydrogen (secondary N) is 4. The fraction of sp³-hybridized carbons (Fsp3) is 0.324. The number of pyridine rings is 1. The molecule has 1 aromatic heterocycles. The van der Waals surface area contributed by atoms with E-state index in [2.05, 4.69) is 66.4 Å². The van der Waals surface area contributed by atoms with Gasteiger partial charge < -0.3 is 30.7 Å². The topological polar surface area (TPSA) is 114 Å². The Balaban J connectivity index is 1.11. The number of hydrogen-bond donors (Lipinski definition) is 4. The molecular formula is C37H38BrCl2N5O4. The molecule has 0 bridgehead atoms. The molecule has 2 atom stereocenters. The SMILES string of the molecule is COc1nc(OCc2cccc(-c3cccc(-c4ccc(CNCC5CCC(=O)N5)cc4)c3Cl)c2Cl)c(Br)cc1CNCC1CCC(=O)N1. The first kappa shape index (κ1) is 35.2. The minimum absolute atomic E-state index is 0.0949. The molecule has 0 radical (unpaired) electrons. The molecule has 9 nitrogen and oxygen atoms in total. The van der Waals surface area contributed by atoms with E-state index in [1.54, 1.807) is 7.11 Å². The summed E-state index contributed by atoms with van der Waals surface area (Å²) in [6, 6.07) is 22.3. The molecule has 4 N–H and O–H groups in total. The van der Waals surface area contributed by atoms with E-state index in [0.717, 1.165) is 58.3 Å². The third-order valence-corrected chi connectivity index (χ3v) is 10.2. The number of hydrogen-bond acceptors (Lipinski definition) is 7. The van der Waals surface area contributed by atoms with Crippen LogP contribution in [0.1, 0.15) is 42.4 Å². The van der Waals surface area contributed by atoms with Crippen LogP contribution in [-0.4, -0.2) is 49.1 Å². The molecule has 3 aromatic carbocycles. The molecule has 2 aliphatic rings. The lowest BCUT2D eigenvalue weighted by Crippen LogP contribution is -2.35. The summed E-state index contributed by atoms with van der Waals surface area (Å²) in [6.45, 7) is 2.84. The van der Waals surface area contributed by atoms with Crippen LogP contribution in [0, 0.1) is 0 Å². The molecule has 0 saturated carbocycles. The van der Waals surface area contributed by atoms with Crippen LogP contribution in [-0.2, 0) is 29.3 Å². The summed E-state index contributed by atoms with van der Waals surface area (Å²) in [5.74, 6) is 1.06. The molecule has 2 fully saturated rings. The lowest BCUT2D eigenvalue weighted by atomic mass is 9.97. The number of nitrogens with zero attached hydrogens (tertiary/aromatic N) is 1. The van der Waals surface area contributed by atoms with Crippen molar-refractivity contribution in [3.63, 3.8) is 0 Å². The molecule has 2 aliphatic heterocycles. The second-order valence-corrected chi connectivity index (χ2v) is 13.9. The molecular weight excluding hydrogens is 729 g/mol. The Kier molecular flexibility index (Phi) is 11.7. The molecule has 256 valence electrons. The van der Waals surface area contributed by atoms with E-state index in [0.29, 0.717) is 58.8 Å². The predicted octanol–water partition coefficient (Wildman–Crippen LogP) is 6.81. The van der Waals surface area contributed by atoms with E-state index >= 15 is 0 Å². The average Bonchev–Trinajstić information content (AvgIpc) is 3.72. The summed E-state index contributed by atoms with van der Waals surface area (Å²) >= 11 is 17.6. The van der Waals surface area contributed by atoms with E-state index in [1.807, 2.05) is 42.5 Å². The number of amides is 2. The highest BCUT2D eigenvalue weighted by Gasteiger charge is 2.22. The molecule has 49 heavy (non-hydrogen) atoms. The molecule has 3 heterocycles. The van der Waals surface area contributed by atoms with E-state index in [9.17, 15) is 9.59 Å². The Bertz CT molecular complexity index is 1820. The Morgan fingerprint density at radius 1 is 0.796 bits per heavy atom. The summed E-state index contributed by atoms with van der Waals surface area (Å²) < 4.78 is 12.4. The first-order valence-electron chi connectivity index (χ1n) is 16.3. The fourth-order valence-corrected chi connectivity index (χ4v) is 7.24. The lowest BCUT2D eigenvalue weighted by molar-refractivity contribution is -0.120. The quantitative estimate of drug-likeness (QED) is 0.112. The number of methoxy groups -OCH3 is 1. The van der Waals surface area contributed by atoms with Gasteiger partial charge in [-0.2, -0.15) is 4.98 Å². The molecule has 0 aliphatic carbocycles. The minimum Gasteiger partial charge on any atom is -0.481 e. The molecule has 2 unspecified atom stereocenters. The smallest absolute Gasteiger partial charge is 0.231 e. The van der Waals surface area contributed by atoms with Crippen molar-refractivity contribution >= 4 is 50.9 Å². The minimum atomic E-state index is 0.0949. The summed E-state index contributed by atoms with van der Waals surface area (Å²) in [6.07, 6.45) is 2.88. The van der Waals surface area contributed by atoms with Crippen LogP contribution in [0.25, 0.3) is 22.3 Å². The Morgan fingerprint density at radius 2 is 1.41 bits per heavy atom. The van der Waals surface area contributed by atoms with Gasteiger partial charge in [-0.05, 0) is 46.0 Å². The van der Waals surface area contributed by atoms with Gasteiger partial charge in [0.25, 0.3) is 0 Å². The van der Waals surface area contributed by atoms with Crippen LogP contribution in [0.3, 0.4) is 0 Å². The van der Waals surface area contributed by atoms with Gasteiger partial charge in [0.05, 0.1) is 21.6 Å². The zero-order valence-corrected chi connectivity index (χ0v) is 30.2. The number of carbonyl (C=O) groups excluding carboxylic acids is 2. The van der Waals surface area contributed by atoms with Gasteiger partial charge in [-0.3, -0.25) is 9.59 Å². The van der Waals surface area contributed by atoms with Gasteiger partial charge in [0.1, 0.15) is 6.61 Å². The van der Waals surface area contributed by atoms with Crippen molar-refractivity contribution in [2.45, 2.75) is 57.5 Å². The number of halogens is 3. The first-order chi connectivity index (χ1) is 23.8. The van der Waals surface area contributed by atoms with Crippen LogP contribution in [0.15, 0.2) is 71.2 Å². The largest absolute Gasteiger partial charge is 0.481 e. The number of rotatable bonds is 14. The van der Waals surface area contributed by atoms with E-state index in [4.69, 9.17) is 32.7 Å². The Morgan fingerprint density at radius 3 is 2.04 bits per heavy atom. The first-order valence-corrected chi connectivity index (χ1v) is 17.9. The van der Waals surface area contributed by atoms with Gasteiger partial charge in [-0.25, -0.2) is 0 Å². The van der Waals surface area contributed by atoms with Gasteiger partial charge in [-0.15, -0.1) is 0 Å². The second-order valence-electron chi connectivity index (χ2n) is 12.2. The molecule has 4 aromatic rings. The van der Waals surface area contributed by atoms with Crippen LogP contribution in [0.4, 0.5) is 0 Å². The van der Waals surface area contributed by atoms with Gasteiger partial charge in [0.15, 0.2) is 0 Å². The maximum atomic E-state index is 11.5. The highest BCUT2D eigenvalue weighted by molar-refractivity contribution is 9.10. The normalized spacial score (nSPS) is 17.2. The van der Waals surface area contributed by atoms with E-state index in [1.165, 1.54) is 0 Å². The Labute approximate surface area is 304 Å². The molecule has 0 spiro atoms. The van der Waals surface area contributed by atoms with Crippen molar-refractivity contribution in [3.8, 4) is 34.0 Å². The van der Waals surface area contributed by atoms with Gasteiger partial charge in [0.2, 0.25) is 23.6 Å². The lowest BCUT2D eigenvalue weighted by Gasteiger charge is -2.16. The van der Waals surface area contributed by atoms with Crippen molar-refractivity contribution < 1.29 is 19.1 Å². The maximum Gasteiger partial charge on any atom is 0.231 e.